The van der Waals surface area contributed by atoms with Crippen molar-refractivity contribution < 1.29 is 19.1 Å². The second-order valence-corrected chi connectivity index (χ2v) is 7.87. The van der Waals surface area contributed by atoms with Crippen LogP contribution in [0.5, 0.6) is 5.75 Å². The van der Waals surface area contributed by atoms with Crippen LogP contribution in [0.1, 0.15) is 52.8 Å². The number of nitrogens with zero attached hydrogens (tertiary/aromatic N) is 2. The van der Waals surface area contributed by atoms with Crippen molar-refractivity contribution in [3.8, 4) is 5.75 Å². The molecule has 0 bridgehead atoms. The average molecular weight is 446 g/mol. The van der Waals surface area contributed by atoms with Crippen molar-refractivity contribution >= 4 is 29.2 Å². The number of nitrogens with one attached hydrogen (secondary N) is 1. The van der Waals surface area contributed by atoms with Crippen LogP contribution < -0.4 is 10.1 Å². The lowest BCUT2D eigenvalue weighted by atomic mass is 10.1. The lowest BCUT2D eigenvalue weighted by Gasteiger charge is -2.12. The van der Waals surface area contributed by atoms with Crippen molar-refractivity contribution in [3.05, 3.63) is 76.9 Å². The monoisotopic (exact) mass is 445 g/mol. The highest BCUT2D eigenvalue weighted by Crippen LogP contribution is 2.39. The van der Waals surface area contributed by atoms with Crippen molar-refractivity contribution in [2.75, 3.05) is 19.5 Å². The van der Waals surface area contributed by atoms with Gasteiger partial charge in [0.25, 0.3) is 5.91 Å². The molecule has 0 unspecified atom stereocenters. The number of carbonyl (C=O) groups is 2. The molecule has 1 amide bonds. The van der Waals surface area contributed by atoms with Gasteiger partial charge in [-0.15, -0.1) is 0 Å². The number of rotatable bonds is 8. The number of ether oxygens (including phenoxy) is 2. The number of carbonyl (C=O) groups excluding carboxylic acids is 2. The normalized spacial score (nSPS) is 13.7. The number of benzene rings is 2. The van der Waals surface area contributed by atoms with E-state index in [1.54, 1.807) is 19.2 Å². The third kappa shape index (κ3) is 4.53. The smallest absolute Gasteiger partial charge is 0.337 e. The Hall–Kier alpha value is -3.87. The van der Waals surface area contributed by atoms with Crippen LogP contribution in [-0.4, -0.2) is 35.6 Å². The Morgan fingerprint density at radius 3 is 2.64 bits per heavy atom. The van der Waals surface area contributed by atoms with Crippen molar-refractivity contribution in [2.24, 2.45) is 0 Å². The number of aromatic nitrogens is 2. The molecule has 2 aromatic carbocycles. The van der Waals surface area contributed by atoms with Crippen LogP contribution in [-0.2, 0) is 22.5 Å². The fourth-order valence-electron chi connectivity index (χ4n) is 3.96. The number of amides is 1. The molecule has 170 valence electrons. The zero-order valence-corrected chi connectivity index (χ0v) is 19.1. The third-order valence-corrected chi connectivity index (χ3v) is 5.75. The molecule has 33 heavy (non-hydrogen) atoms. The van der Waals surface area contributed by atoms with Gasteiger partial charge in [0, 0.05) is 18.5 Å². The van der Waals surface area contributed by atoms with Gasteiger partial charge >= 0.3 is 5.97 Å². The van der Waals surface area contributed by atoms with Crippen LogP contribution in [0.15, 0.2) is 48.7 Å². The van der Waals surface area contributed by atoms with E-state index in [0.717, 1.165) is 41.9 Å². The fraction of sp³-hybridized carbons (Fsp3) is 0.269. The molecular formula is C26H27N3O4. The Labute approximate surface area is 193 Å². The Morgan fingerprint density at radius 2 is 1.94 bits per heavy atom. The van der Waals surface area contributed by atoms with E-state index in [2.05, 4.69) is 21.8 Å². The molecule has 3 aromatic rings. The van der Waals surface area contributed by atoms with E-state index in [4.69, 9.17) is 9.47 Å². The predicted octanol–water partition coefficient (Wildman–Crippen LogP) is 4.56. The van der Waals surface area contributed by atoms with Gasteiger partial charge in [-0.2, -0.15) is 0 Å². The third-order valence-electron chi connectivity index (χ3n) is 5.75. The average Bonchev–Trinajstić information content (AvgIpc) is 3.37. The maximum absolute atomic E-state index is 12.8. The van der Waals surface area contributed by atoms with E-state index in [1.165, 1.54) is 7.11 Å². The van der Waals surface area contributed by atoms with Crippen LogP contribution in [0.4, 0.5) is 5.69 Å². The molecule has 0 saturated heterocycles. The number of methoxy groups -OCH3 is 2. The number of para-hydroxylation sites is 1. The molecule has 7 nitrogen and oxygen atoms in total. The second kappa shape index (κ2) is 9.73. The largest absolute Gasteiger partial charge is 0.495 e. The lowest BCUT2D eigenvalue weighted by molar-refractivity contribution is -0.110. The van der Waals surface area contributed by atoms with Crippen LogP contribution in [0.2, 0.25) is 0 Å². The number of hydrogen-bond acceptors (Lipinski definition) is 5. The zero-order valence-electron chi connectivity index (χ0n) is 19.1. The minimum Gasteiger partial charge on any atom is -0.495 e. The standard InChI is InChI=1S/C26H27N3O4/c1-4-5-9-23-27-15-19(29(23)16-17-10-12-18(13-11-17)26(31)33-3)14-21-20-7-6-8-22(32-2)24(20)28-25(21)30/h6-8,10-15H,4-5,9,16H2,1-3H3,(H,28,30). The Balaban J connectivity index is 1.71. The number of hydrogen-bond donors (Lipinski definition) is 1. The van der Waals surface area contributed by atoms with Crippen molar-refractivity contribution in [3.63, 3.8) is 0 Å². The highest BCUT2D eigenvalue weighted by atomic mass is 16.5. The lowest BCUT2D eigenvalue weighted by Crippen LogP contribution is -2.09. The van der Waals surface area contributed by atoms with Gasteiger partial charge in [0.2, 0.25) is 0 Å². The number of esters is 1. The van der Waals surface area contributed by atoms with Gasteiger partial charge < -0.3 is 19.4 Å². The Morgan fingerprint density at radius 1 is 1.15 bits per heavy atom. The molecule has 1 aromatic heterocycles. The van der Waals surface area contributed by atoms with Gasteiger partial charge in [0.1, 0.15) is 11.6 Å². The summed E-state index contributed by atoms with van der Waals surface area (Å²) in [6, 6.07) is 13.0. The van der Waals surface area contributed by atoms with E-state index < -0.39 is 0 Å². The first kappa shape index (κ1) is 22.3. The van der Waals surface area contributed by atoms with E-state index >= 15 is 0 Å². The highest BCUT2D eigenvalue weighted by molar-refractivity contribution is 6.35. The van der Waals surface area contributed by atoms with E-state index in [-0.39, 0.29) is 11.9 Å². The Bertz CT molecular complexity index is 1210. The quantitative estimate of drug-likeness (QED) is 0.406. The van der Waals surface area contributed by atoms with Gasteiger partial charge in [-0.1, -0.05) is 37.6 Å². The van der Waals surface area contributed by atoms with E-state index in [1.807, 2.05) is 42.6 Å². The zero-order chi connectivity index (χ0) is 23.4. The summed E-state index contributed by atoms with van der Waals surface area (Å²) in [4.78, 5) is 29.2. The molecule has 1 aliphatic rings. The minimum absolute atomic E-state index is 0.167. The van der Waals surface area contributed by atoms with Crippen molar-refractivity contribution in [1.29, 1.82) is 0 Å². The SMILES string of the molecule is CCCCc1ncc(C=C2C(=O)Nc3c(OC)cccc32)n1Cc1ccc(C(=O)OC)cc1. The highest BCUT2D eigenvalue weighted by Gasteiger charge is 2.27. The molecule has 0 radical (unpaired) electrons. The summed E-state index contributed by atoms with van der Waals surface area (Å²) in [5, 5.41) is 2.91. The molecule has 0 spiro atoms. The van der Waals surface area contributed by atoms with Gasteiger partial charge in [0.05, 0.1) is 42.9 Å². The molecule has 0 fully saturated rings. The second-order valence-electron chi connectivity index (χ2n) is 7.87. The van der Waals surface area contributed by atoms with E-state index in [0.29, 0.717) is 29.1 Å². The summed E-state index contributed by atoms with van der Waals surface area (Å²) in [5.41, 5.74) is 4.45. The molecule has 2 heterocycles. The summed E-state index contributed by atoms with van der Waals surface area (Å²) in [5.74, 6) is 1.07. The van der Waals surface area contributed by atoms with E-state index in [9.17, 15) is 9.59 Å². The molecule has 1 aliphatic heterocycles. The first-order valence-corrected chi connectivity index (χ1v) is 11.0. The first-order chi connectivity index (χ1) is 16.0. The molecule has 0 atom stereocenters. The molecular weight excluding hydrogens is 418 g/mol. The summed E-state index contributed by atoms with van der Waals surface area (Å²) < 4.78 is 12.3. The summed E-state index contributed by atoms with van der Waals surface area (Å²) in [7, 11) is 2.96. The Kier molecular flexibility index (Phi) is 6.58. The van der Waals surface area contributed by atoms with Crippen LogP contribution >= 0.6 is 0 Å². The molecule has 7 heteroatoms. The maximum Gasteiger partial charge on any atom is 0.337 e. The molecule has 0 saturated carbocycles. The number of anilines is 1. The number of aryl methyl sites for hydroxylation is 1. The van der Waals surface area contributed by atoms with Gasteiger partial charge in [0.15, 0.2) is 0 Å². The molecule has 1 N–H and O–H groups in total. The maximum atomic E-state index is 12.8. The van der Waals surface area contributed by atoms with Crippen molar-refractivity contribution in [2.45, 2.75) is 32.7 Å². The van der Waals surface area contributed by atoms with Gasteiger partial charge in [-0.05, 0) is 36.3 Å². The van der Waals surface area contributed by atoms with Gasteiger partial charge in [-0.25, -0.2) is 9.78 Å². The predicted molar refractivity (Wildman–Crippen MR) is 127 cm³/mol. The van der Waals surface area contributed by atoms with Gasteiger partial charge in [-0.3, -0.25) is 4.79 Å². The van der Waals surface area contributed by atoms with Crippen LogP contribution in [0, 0.1) is 0 Å². The van der Waals surface area contributed by atoms with Crippen LogP contribution in [0.3, 0.4) is 0 Å². The van der Waals surface area contributed by atoms with Crippen molar-refractivity contribution in [1.82, 2.24) is 9.55 Å². The number of imidazole rings is 1. The molecule has 4 rings (SSSR count). The molecule has 0 aliphatic carbocycles. The number of fused-ring (bicyclic) bond motifs is 1. The summed E-state index contributed by atoms with van der Waals surface area (Å²) in [6.07, 6.45) is 6.62. The van der Waals surface area contributed by atoms with Crippen LogP contribution in [0.25, 0.3) is 11.6 Å². The number of unbranched alkanes of at least 4 members (excludes halogenated alkanes) is 1. The minimum atomic E-state index is -0.362. The summed E-state index contributed by atoms with van der Waals surface area (Å²) in [6.45, 7) is 2.72. The summed E-state index contributed by atoms with van der Waals surface area (Å²) >= 11 is 0. The first-order valence-electron chi connectivity index (χ1n) is 11.0. The fourth-order valence-corrected chi connectivity index (χ4v) is 3.96. The topological polar surface area (TPSA) is 82.5 Å².